The summed E-state index contributed by atoms with van der Waals surface area (Å²) in [5, 5.41) is 6.98. The number of amides is 1. The zero-order valence-corrected chi connectivity index (χ0v) is 10.7. The molecule has 0 radical (unpaired) electrons. The van der Waals surface area contributed by atoms with Crippen molar-refractivity contribution in [2.45, 2.75) is 13.0 Å². The summed E-state index contributed by atoms with van der Waals surface area (Å²) >= 11 is 0. The zero-order valence-electron chi connectivity index (χ0n) is 10.7. The van der Waals surface area contributed by atoms with E-state index in [9.17, 15) is 4.79 Å². The third-order valence-electron chi connectivity index (χ3n) is 2.86. The molecule has 0 aliphatic rings. The summed E-state index contributed by atoms with van der Waals surface area (Å²) in [6, 6.07) is 9.41. The lowest BCUT2D eigenvalue weighted by Crippen LogP contribution is -2.28. The van der Waals surface area contributed by atoms with Crippen LogP contribution in [0.5, 0.6) is 0 Å². The summed E-state index contributed by atoms with van der Waals surface area (Å²) in [6.45, 7) is 1.76. The van der Waals surface area contributed by atoms with Crippen molar-refractivity contribution in [3.05, 3.63) is 53.9 Å². The van der Waals surface area contributed by atoms with Gasteiger partial charge in [-0.25, -0.2) is 0 Å². The number of hydrogen-bond acceptors (Lipinski definition) is 3. The van der Waals surface area contributed by atoms with Gasteiger partial charge in [0.15, 0.2) is 0 Å². The molecule has 0 atom stereocenters. The number of benzene rings is 1. The van der Waals surface area contributed by atoms with Crippen molar-refractivity contribution in [2.24, 2.45) is 5.73 Å². The van der Waals surface area contributed by atoms with Crippen molar-refractivity contribution in [1.82, 2.24) is 15.1 Å². The molecule has 100 valence electrons. The van der Waals surface area contributed by atoms with Crippen LogP contribution < -0.4 is 11.1 Å². The maximum absolute atomic E-state index is 12.1. The summed E-state index contributed by atoms with van der Waals surface area (Å²) in [5.41, 5.74) is 7.24. The molecule has 0 aliphatic carbocycles. The molecule has 2 rings (SSSR count). The van der Waals surface area contributed by atoms with Gasteiger partial charge in [0.25, 0.3) is 5.91 Å². The number of carbonyl (C=O) groups is 1. The van der Waals surface area contributed by atoms with Crippen LogP contribution in [-0.4, -0.2) is 28.8 Å². The van der Waals surface area contributed by atoms with E-state index in [-0.39, 0.29) is 5.91 Å². The van der Waals surface area contributed by atoms with Crippen molar-refractivity contribution in [1.29, 1.82) is 0 Å². The van der Waals surface area contributed by atoms with Gasteiger partial charge in [0, 0.05) is 24.5 Å². The van der Waals surface area contributed by atoms with Crippen LogP contribution in [-0.2, 0) is 13.0 Å². The fraction of sp³-hybridized carbons (Fsp3) is 0.286. The molecule has 0 aliphatic heterocycles. The number of rotatable bonds is 6. The quantitative estimate of drug-likeness (QED) is 0.805. The molecule has 1 aromatic heterocycles. The molecule has 0 bridgehead atoms. The van der Waals surface area contributed by atoms with Gasteiger partial charge in [0.1, 0.15) is 0 Å². The molecule has 1 amide bonds. The number of nitrogens with zero attached hydrogens (tertiary/aromatic N) is 2. The van der Waals surface area contributed by atoms with Crippen LogP contribution in [0.4, 0.5) is 0 Å². The molecule has 5 nitrogen and oxygen atoms in total. The molecule has 1 aromatic carbocycles. The molecule has 0 unspecified atom stereocenters. The molecule has 19 heavy (non-hydrogen) atoms. The minimum atomic E-state index is -0.0591. The predicted octanol–water partition coefficient (Wildman–Crippen LogP) is 0.814. The molecule has 0 spiro atoms. The van der Waals surface area contributed by atoms with Gasteiger partial charge in [-0.2, -0.15) is 5.10 Å². The van der Waals surface area contributed by atoms with Crippen molar-refractivity contribution >= 4 is 5.91 Å². The van der Waals surface area contributed by atoms with Crippen molar-refractivity contribution in [2.75, 3.05) is 13.1 Å². The Labute approximate surface area is 112 Å². The van der Waals surface area contributed by atoms with Crippen LogP contribution in [0.1, 0.15) is 15.9 Å². The van der Waals surface area contributed by atoms with Crippen LogP contribution in [0, 0.1) is 0 Å². The van der Waals surface area contributed by atoms with E-state index in [0.29, 0.717) is 31.6 Å². The Balaban J connectivity index is 1.92. The van der Waals surface area contributed by atoms with Crippen molar-refractivity contribution in [3.63, 3.8) is 0 Å². The van der Waals surface area contributed by atoms with E-state index in [2.05, 4.69) is 10.4 Å². The summed E-state index contributed by atoms with van der Waals surface area (Å²) < 4.78 is 1.78. The Morgan fingerprint density at radius 3 is 2.89 bits per heavy atom. The Morgan fingerprint density at radius 2 is 2.16 bits per heavy atom. The summed E-state index contributed by atoms with van der Waals surface area (Å²) in [5.74, 6) is -0.0591. The molecule has 0 fully saturated rings. The minimum absolute atomic E-state index is 0.0591. The molecular weight excluding hydrogens is 240 g/mol. The molecule has 2 aromatic rings. The average Bonchev–Trinajstić information content (AvgIpc) is 2.93. The number of carbonyl (C=O) groups excluding carboxylic acids is 1. The number of hydrogen-bond donors (Lipinski definition) is 2. The fourth-order valence-corrected chi connectivity index (χ4v) is 1.93. The highest BCUT2D eigenvalue weighted by Gasteiger charge is 2.09. The van der Waals surface area contributed by atoms with Gasteiger partial charge in [0.2, 0.25) is 0 Å². The van der Waals surface area contributed by atoms with E-state index in [1.807, 2.05) is 36.5 Å². The first-order valence-corrected chi connectivity index (χ1v) is 6.35. The normalized spacial score (nSPS) is 10.4. The molecule has 5 heteroatoms. The van der Waals surface area contributed by atoms with Gasteiger partial charge >= 0.3 is 0 Å². The van der Waals surface area contributed by atoms with Gasteiger partial charge in [-0.05, 0) is 30.7 Å². The van der Waals surface area contributed by atoms with E-state index in [1.165, 1.54) is 0 Å². The second-order valence-electron chi connectivity index (χ2n) is 4.22. The summed E-state index contributed by atoms with van der Waals surface area (Å²) in [4.78, 5) is 12.1. The average molecular weight is 258 g/mol. The van der Waals surface area contributed by atoms with Crippen LogP contribution in [0.3, 0.4) is 0 Å². The van der Waals surface area contributed by atoms with E-state index < -0.39 is 0 Å². The Kier molecular flexibility index (Phi) is 4.69. The van der Waals surface area contributed by atoms with Crippen LogP contribution in [0.2, 0.25) is 0 Å². The maximum Gasteiger partial charge on any atom is 0.251 e. The summed E-state index contributed by atoms with van der Waals surface area (Å²) in [7, 11) is 0. The predicted molar refractivity (Wildman–Crippen MR) is 73.8 cm³/mol. The van der Waals surface area contributed by atoms with Gasteiger partial charge in [-0.3, -0.25) is 9.48 Å². The van der Waals surface area contributed by atoms with Gasteiger partial charge in [-0.1, -0.05) is 18.2 Å². The molecule has 0 saturated heterocycles. The first kappa shape index (κ1) is 13.3. The third kappa shape index (κ3) is 3.66. The largest absolute Gasteiger partial charge is 0.350 e. The first-order chi connectivity index (χ1) is 9.31. The van der Waals surface area contributed by atoms with E-state index in [4.69, 9.17) is 5.73 Å². The lowest BCUT2D eigenvalue weighted by atomic mass is 10.0. The standard InChI is InChI=1S/C14H18N4O/c15-7-6-12-4-1-2-5-13(12)14(19)16-9-11-18-10-3-8-17-18/h1-5,8,10H,6-7,9,11,15H2,(H,16,19). The highest BCUT2D eigenvalue weighted by Crippen LogP contribution is 2.08. The first-order valence-electron chi connectivity index (χ1n) is 6.35. The molecular formula is C14H18N4O. The Hall–Kier alpha value is -2.14. The van der Waals surface area contributed by atoms with Crippen LogP contribution in [0.15, 0.2) is 42.7 Å². The number of aromatic nitrogens is 2. The monoisotopic (exact) mass is 258 g/mol. The van der Waals surface area contributed by atoms with Gasteiger partial charge < -0.3 is 11.1 Å². The van der Waals surface area contributed by atoms with E-state index >= 15 is 0 Å². The van der Waals surface area contributed by atoms with Gasteiger partial charge in [0.05, 0.1) is 6.54 Å². The number of nitrogens with two attached hydrogens (primary N) is 1. The second-order valence-corrected chi connectivity index (χ2v) is 4.22. The van der Waals surface area contributed by atoms with E-state index in [0.717, 1.165) is 5.56 Å². The van der Waals surface area contributed by atoms with Crippen molar-refractivity contribution in [3.8, 4) is 0 Å². The van der Waals surface area contributed by atoms with Crippen LogP contribution in [0.25, 0.3) is 0 Å². The van der Waals surface area contributed by atoms with Crippen LogP contribution >= 0.6 is 0 Å². The SMILES string of the molecule is NCCc1ccccc1C(=O)NCCn1cccn1. The maximum atomic E-state index is 12.1. The number of nitrogens with one attached hydrogen (secondary N) is 1. The summed E-state index contributed by atoms with van der Waals surface area (Å²) in [6.07, 6.45) is 4.30. The Morgan fingerprint density at radius 1 is 1.32 bits per heavy atom. The third-order valence-corrected chi connectivity index (χ3v) is 2.86. The van der Waals surface area contributed by atoms with Gasteiger partial charge in [-0.15, -0.1) is 0 Å². The molecule has 1 heterocycles. The molecule has 0 saturated carbocycles. The highest BCUT2D eigenvalue weighted by molar-refractivity contribution is 5.95. The molecule has 3 N–H and O–H groups in total. The Bertz CT molecular complexity index is 522. The fourth-order valence-electron chi connectivity index (χ4n) is 1.93. The minimum Gasteiger partial charge on any atom is -0.350 e. The zero-order chi connectivity index (χ0) is 13.5. The highest BCUT2D eigenvalue weighted by atomic mass is 16.1. The topological polar surface area (TPSA) is 72.9 Å². The smallest absolute Gasteiger partial charge is 0.251 e. The van der Waals surface area contributed by atoms with Crippen molar-refractivity contribution < 1.29 is 4.79 Å². The lowest BCUT2D eigenvalue weighted by Gasteiger charge is -2.09. The van der Waals surface area contributed by atoms with E-state index in [1.54, 1.807) is 10.9 Å². The lowest BCUT2D eigenvalue weighted by molar-refractivity contribution is 0.0951. The second kappa shape index (κ2) is 6.70.